The van der Waals surface area contributed by atoms with Gasteiger partial charge in [-0.1, -0.05) is 13.0 Å². The Morgan fingerprint density at radius 3 is 2.57 bits per heavy atom. The van der Waals surface area contributed by atoms with Crippen LogP contribution in [0.25, 0.3) is 0 Å². The van der Waals surface area contributed by atoms with Crippen molar-refractivity contribution in [3.63, 3.8) is 0 Å². The summed E-state index contributed by atoms with van der Waals surface area (Å²) in [5.41, 5.74) is 3.49. The minimum absolute atomic E-state index is 0.843. The topological polar surface area (TPSA) is 41.0 Å². The summed E-state index contributed by atoms with van der Waals surface area (Å²) >= 11 is 0. The molecule has 0 fully saturated rings. The van der Waals surface area contributed by atoms with E-state index in [4.69, 9.17) is 4.98 Å². The second kappa shape index (κ2) is 8.49. The molecule has 0 aliphatic carbocycles. The van der Waals surface area contributed by atoms with E-state index in [1.54, 1.807) is 0 Å². The highest BCUT2D eigenvalue weighted by Gasteiger charge is 2.04. The third kappa shape index (κ3) is 5.61. The number of hydrogen-bond donors (Lipinski definition) is 1. The Labute approximate surface area is 127 Å². The van der Waals surface area contributed by atoms with Crippen molar-refractivity contribution in [2.45, 2.75) is 33.0 Å². The van der Waals surface area contributed by atoms with Gasteiger partial charge < -0.3 is 5.32 Å². The third-order valence-electron chi connectivity index (χ3n) is 3.23. The van der Waals surface area contributed by atoms with Crippen molar-refractivity contribution >= 4 is 0 Å². The van der Waals surface area contributed by atoms with E-state index in [0.717, 1.165) is 44.0 Å². The van der Waals surface area contributed by atoms with Gasteiger partial charge in [-0.15, -0.1) is 0 Å². The Balaban J connectivity index is 1.88. The summed E-state index contributed by atoms with van der Waals surface area (Å²) in [5, 5.41) is 3.39. The predicted molar refractivity (Wildman–Crippen MR) is 85.6 cm³/mol. The molecule has 1 N–H and O–H groups in total. The van der Waals surface area contributed by atoms with E-state index in [1.807, 2.05) is 12.4 Å². The van der Waals surface area contributed by atoms with E-state index < -0.39 is 0 Å². The van der Waals surface area contributed by atoms with Crippen LogP contribution in [0.4, 0.5) is 0 Å². The van der Waals surface area contributed by atoms with Gasteiger partial charge in [-0.25, -0.2) is 0 Å². The van der Waals surface area contributed by atoms with Crippen molar-refractivity contribution in [2.75, 3.05) is 13.6 Å². The van der Waals surface area contributed by atoms with E-state index in [0.29, 0.717) is 0 Å². The van der Waals surface area contributed by atoms with Gasteiger partial charge in [0.1, 0.15) is 0 Å². The molecule has 2 heterocycles. The number of nitrogens with one attached hydrogen (secondary N) is 1. The Morgan fingerprint density at radius 2 is 1.81 bits per heavy atom. The fraction of sp³-hybridized carbons (Fsp3) is 0.412. The van der Waals surface area contributed by atoms with Gasteiger partial charge in [0.2, 0.25) is 0 Å². The molecule has 2 aromatic heterocycles. The van der Waals surface area contributed by atoms with Crippen LogP contribution in [0.3, 0.4) is 0 Å². The van der Waals surface area contributed by atoms with Gasteiger partial charge in [0.05, 0.1) is 11.4 Å². The van der Waals surface area contributed by atoms with Crippen LogP contribution >= 0.6 is 0 Å². The highest BCUT2D eigenvalue weighted by molar-refractivity contribution is 5.12. The van der Waals surface area contributed by atoms with Crippen molar-refractivity contribution in [3.8, 4) is 0 Å². The smallest absolute Gasteiger partial charge is 0.0547 e. The maximum atomic E-state index is 4.71. The first-order valence-electron chi connectivity index (χ1n) is 7.51. The van der Waals surface area contributed by atoms with Crippen LogP contribution in [0.15, 0.2) is 42.7 Å². The molecule has 2 aromatic rings. The Kier molecular flexibility index (Phi) is 6.31. The van der Waals surface area contributed by atoms with Gasteiger partial charge in [-0.2, -0.15) is 0 Å². The average molecular weight is 284 g/mol. The molecule has 112 valence electrons. The van der Waals surface area contributed by atoms with Gasteiger partial charge in [0.25, 0.3) is 0 Å². The first-order chi connectivity index (χ1) is 10.3. The second-order valence-corrected chi connectivity index (χ2v) is 5.32. The van der Waals surface area contributed by atoms with Crippen LogP contribution in [0.1, 0.15) is 30.3 Å². The maximum Gasteiger partial charge on any atom is 0.0547 e. The summed E-state index contributed by atoms with van der Waals surface area (Å²) in [6, 6.07) is 10.4. The predicted octanol–water partition coefficient (Wildman–Crippen LogP) is 2.61. The minimum Gasteiger partial charge on any atom is -0.311 e. The molecule has 21 heavy (non-hydrogen) atoms. The molecule has 0 atom stereocenters. The molecule has 0 aliphatic heterocycles. The number of rotatable bonds is 8. The van der Waals surface area contributed by atoms with Crippen molar-refractivity contribution in [2.24, 2.45) is 0 Å². The number of hydrogen-bond acceptors (Lipinski definition) is 4. The lowest BCUT2D eigenvalue weighted by atomic mass is 10.2. The Morgan fingerprint density at radius 1 is 1.05 bits per heavy atom. The molecule has 0 aromatic carbocycles. The standard InChI is InChI=1S/C17H24N4/c1-3-9-19-12-16-5-4-6-17(20-16)14-21(2)13-15-7-10-18-11-8-15/h4-8,10-11,19H,3,9,12-14H2,1-2H3. The molecular formula is C17H24N4. The molecule has 4 heteroatoms. The molecular weight excluding hydrogens is 260 g/mol. The first-order valence-corrected chi connectivity index (χ1v) is 7.51. The first kappa shape index (κ1) is 15.6. The van der Waals surface area contributed by atoms with Crippen LogP contribution in [-0.2, 0) is 19.6 Å². The van der Waals surface area contributed by atoms with Gasteiger partial charge >= 0.3 is 0 Å². The molecule has 0 amide bonds. The summed E-state index contributed by atoms with van der Waals surface area (Å²) in [7, 11) is 2.12. The normalized spacial score (nSPS) is 11.0. The molecule has 0 saturated heterocycles. The molecule has 0 saturated carbocycles. The highest BCUT2D eigenvalue weighted by Crippen LogP contribution is 2.07. The van der Waals surface area contributed by atoms with E-state index in [-0.39, 0.29) is 0 Å². The highest BCUT2D eigenvalue weighted by atomic mass is 15.1. The Hall–Kier alpha value is -1.78. The number of pyridine rings is 2. The van der Waals surface area contributed by atoms with E-state index in [2.05, 4.69) is 59.5 Å². The molecule has 0 aliphatic rings. The average Bonchev–Trinajstić information content (AvgIpc) is 2.49. The molecule has 0 spiro atoms. The summed E-state index contributed by atoms with van der Waals surface area (Å²) in [4.78, 5) is 11.0. The number of nitrogens with zero attached hydrogens (tertiary/aromatic N) is 3. The van der Waals surface area contributed by atoms with E-state index in [9.17, 15) is 0 Å². The summed E-state index contributed by atoms with van der Waals surface area (Å²) in [6.45, 7) is 5.81. The van der Waals surface area contributed by atoms with Crippen LogP contribution in [0.5, 0.6) is 0 Å². The molecule has 4 nitrogen and oxygen atoms in total. The lowest BCUT2D eigenvalue weighted by Gasteiger charge is -2.16. The quantitative estimate of drug-likeness (QED) is 0.757. The SMILES string of the molecule is CCCNCc1cccc(CN(C)Cc2ccncc2)n1. The number of aromatic nitrogens is 2. The van der Waals surface area contributed by atoms with Crippen molar-refractivity contribution in [3.05, 3.63) is 59.7 Å². The van der Waals surface area contributed by atoms with Crippen molar-refractivity contribution in [1.29, 1.82) is 0 Å². The fourth-order valence-electron chi connectivity index (χ4n) is 2.24. The van der Waals surface area contributed by atoms with E-state index >= 15 is 0 Å². The molecule has 2 rings (SSSR count). The van der Waals surface area contributed by atoms with Crippen molar-refractivity contribution < 1.29 is 0 Å². The van der Waals surface area contributed by atoms with Gasteiger partial charge in [-0.3, -0.25) is 14.9 Å². The van der Waals surface area contributed by atoms with E-state index in [1.165, 1.54) is 5.56 Å². The fourth-order valence-corrected chi connectivity index (χ4v) is 2.24. The van der Waals surface area contributed by atoms with Crippen molar-refractivity contribution in [1.82, 2.24) is 20.2 Å². The maximum absolute atomic E-state index is 4.71. The molecule has 0 radical (unpaired) electrons. The minimum atomic E-state index is 0.843. The lowest BCUT2D eigenvalue weighted by Crippen LogP contribution is -2.19. The Bertz CT molecular complexity index is 527. The van der Waals surface area contributed by atoms with Gasteiger partial charge in [-0.05, 0) is 49.8 Å². The monoisotopic (exact) mass is 284 g/mol. The lowest BCUT2D eigenvalue weighted by molar-refractivity contribution is 0.314. The van der Waals surface area contributed by atoms with Crippen LogP contribution in [0, 0.1) is 0 Å². The van der Waals surface area contributed by atoms with Crippen LogP contribution in [0.2, 0.25) is 0 Å². The second-order valence-electron chi connectivity index (χ2n) is 5.32. The molecule has 0 unspecified atom stereocenters. The zero-order valence-corrected chi connectivity index (χ0v) is 12.9. The largest absolute Gasteiger partial charge is 0.311 e. The van der Waals surface area contributed by atoms with Crippen LogP contribution in [-0.4, -0.2) is 28.5 Å². The summed E-state index contributed by atoms with van der Waals surface area (Å²) in [6.07, 6.45) is 4.82. The van der Waals surface area contributed by atoms with Gasteiger partial charge in [0.15, 0.2) is 0 Å². The zero-order chi connectivity index (χ0) is 14.9. The van der Waals surface area contributed by atoms with Gasteiger partial charge in [0, 0.05) is 32.0 Å². The third-order valence-corrected chi connectivity index (χ3v) is 3.23. The molecule has 0 bridgehead atoms. The summed E-state index contributed by atoms with van der Waals surface area (Å²) in [5.74, 6) is 0. The van der Waals surface area contributed by atoms with Crippen LogP contribution < -0.4 is 5.32 Å². The summed E-state index contributed by atoms with van der Waals surface area (Å²) < 4.78 is 0. The zero-order valence-electron chi connectivity index (χ0n) is 12.9.